The van der Waals surface area contributed by atoms with E-state index >= 15 is 0 Å². The number of fused-ring (bicyclic) bond motifs is 1. The smallest absolute Gasteiger partial charge is 0.284 e. The average Bonchev–Trinajstić information content (AvgIpc) is 3.38. The van der Waals surface area contributed by atoms with E-state index in [1.807, 2.05) is 6.07 Å². The van der Waals surface area contributed by atoms with Crippen LogP contribution in [0.3, 0.4) is 0 Å². The zero-order chi connectivity index (χ0) is 26.3. The maximum Gasteiger partial charge on any atom is 0.284 e. The van der Waals surface area contributed by atoms with Crippen molar-refractivity contribution >= 4 is 29.3 Å². The Labute approximate surface area is 211 Å². The Balaban J connectivity index is 1.18. The average molecular weight is 515 g/mol. The standard InChI is InChI=1S/C25H28F2N6O4/c26-22(27)21-17(28)13-32(30-21)15-8-11-31(12-9-15)10-2-4-14-3-1-5-16-20(14)25(37)33(24(16)36)18-6-7-19(34)29-23(18)35/h1,3,5,13,15,18,22H,2,4,6-12,28H2,(H,29,34,35). The molecule has 4 heterocycles. The molecule has 2 aromatic rings. The molecule has 196 valence electrons. The lowest BCUT2D eigenvalue weighted by molar-refractivity contribution is -0.136. The quantitative estimate of drug-likeness (QED) is 0.541. The third-order valence-electron chi connectivity index (χ3n) is 7.40. The molecule has 0 saturated carbocycles. The number of rotatable bonds is 7. The van der Waals surface area contributed by atoms with Crippen LogP contribution in [0.5, 0.6) is 0 Å². The summed E-state index contributed by atoms with van der Waals surface area (Å²) in [5.41, 5.74) is 6.68. The van der Waals surface area contributed by atoms with Crippen LogP contribution in [0.15, 0.2) is 24.4 Å². The molecule has 0 spiro atoms. The molecule has 3 N–H and O–H groups in total. The molecule has 1 unspecified atom stereocenters. The molecule has 2 saturated heterocycles. The number of imide groups is 2. The molecule has 37 heavy (non-hydrogen) atoms. The van der Waals surface area contributed by atoms with Crippen LogP contribution in [0.1, 0.15) is 76.5 Å². The number of nitrogens with one attached hydrogen (secondary N) is 1. The Morgan fingerprint density at radius 2 is 1.84 bits per heavy atom. The zero-order valence-corrected chi connectivity index (χ0v) is 20.2. The molecule has 5 rings (SSSR count). The van der Waals surface area contributed by atoms with E-state index in [1.165, 1.54) is 6.20 Å². The first-order valence-corrected chi connectivity index (χ1v) is 12.4. The van der Waals surface area contributed by atoms with Gasteiger partial charge in [-0.05, 0) is 50.3 Å². The van der Waals surface area contributed by atoms with E-state index in [4.69, 9.17) is 5.73 Å². The molecule has 0 radical (unpaired) electrons. The molecular formula is C25H28F2N6O4. The van der Waals surface area contributed by atoms with Crippen molar-refractivity contribution in [1.29, 1.82) is 0 Å². The van der Waals surface area contributed by atoms with Crippen LogP contribution >= 0.6 is 0 Å². The maximum atomic E-state index is 13.2. The highest BCUT2D eigenvalue weighted by Gasteiger charge is 2.45. The topological polar surface area (TPSA) is 131 Å². The summed E-state index contributed by atoms with van der Waals surface area (Å²) in [7, 11) is 0. The van der Waals surface area contributed by atoms with Crippen molar-refractivity contribution in [3.8, 4) is 0 Å². The second-order valence-electron chi connectivity index (χ2n) is 9.71. The van der Waals surface area contributed by atoms with E-state index in [0.717, 1.165) is 49.4 Å². The lowest BCUT2D eigenvalue weighted by Crippen LogP contribution is -2.54. The number of carbonyl (C=O) groups excluding carboxylic acids is 4. The zero-order valence-electron chi connectivity index (χ0n) is 20.2. The summed E-state index contributed by atoms with van der Waals surface area (Å²) in [5, 5.41) is 6.18. The van der Waals surface area contributed by atoms with Crippen LogP contribution in [-0.4, -0.2) is 68.9 Å². The largest absolute Gasteiger partial charge is 0.396 e. The number of anilines is 1. The highest BCUT2D eigenvalue weighted by atomic mass is 19.3. The van der Waals surface area contributed by atoms with Gasteiger partial charge in [-0.3, -0.25) is 34.1 Å². The first kappa shape index (κ1) is 25.0. The van der Waals surface area contributed by atoms with Gasteiger partial charge in [0.2, 0.25) is 11.8 Å². The molecule has 12 heteroatoms. The van der Waals surface area contributed by atoms with Crippen LogP contribution in [0, 0.1) is 0 Å². The monoisotopic (exact) mass is 514 g/mol. The van der Waals surface area contributed by atoms with Gasteiger partial charge in [-0.2, -0.15) is 5.10 Å². The molecular weight excluding hydrogens is 486 g/mol. The molecule has 0 bridgehead atoms. The summed E-state index contributed by atoms with van der Waals surface area (Å²) < 4.78 is 27.5. The van der Waals surface area contributed by atoms with E-state index in [2.05, 4.69) is 15.3 Å². The van der Waals surface area contributed by atoms with Gasteiger partial charge in [0, 0.05) is 25.7 Å². The van der Waals surface area contributed by atoms with E-state index in [1.54, 1.807) is 16.8 Å². The lowest BCUT2D eigenvalue weighted by Gasteiger charge is -2.32. The second kappa shape index (κ2) is 10.0. The molecule has 1 aromatic heterocycles. The Kier molecular flexibility index (Phi) is 6.76. The number of carbonyl (C=O) groups is 4. The summed E-state index contributed by atoms with van der Waals surface area (Å²) >= 11 is 0. The van der Waals surface area contributed by atoms with Crippen molar-refractivity contribution in [2.45, 2.75) is 57.0 Å². The molecule has 3 aliphatic heterocycles. The van der Waals surface area contributed by atoms with Crippen molar-refractivity contribution in [3.63, 3.8) is 0 Å². The number of nitrogen functional groups attached to an aromatic ring is 1. The fourth-order valence-electron chi connectivity index (χ4n) is 5.47. The minimum absolute atomic E-state index is 0.0111. The van der Waals surface area contributed by atoms with E-state index in [-0.39, 0.29) is 35.8 Å². The number of aromatic nitrogens is 2. The summed E-state index contributed by atoms with van der Waals surface area (Å²) in [5.74, 6) is -2.03. The van der Waals surface area contributed by atoms with Gasteiger partial charge >= 0.3 is 0 Å². The molecule has 1 aromatic carbocycles. The number of nitrogens with two attached hydrogens (primary N) is 1. The van der Waals surface area contributed by atoms with Crippen LogP contribution in [-0.2, 0) is 16.0 Å². The van der Waals surface area contributed by atoms with Crippen LogP contribution in [0.25, 0.3) is 0 Å². The van der Waals surface area contributed by atoms with Gasteiger partial charge in [0.05, 0.1) is 22.9 Å². The number of benzene rings is 1. The number of halogens is 2. The minimum atomic E-state index is -2.70. The van der Waals surface area contributed by atoms with Crippen molar-refractivity contribution < 1.29 is 28.0 Å². The molecule has 4 amide bonds. The SMILES string of the molecule is Nc1cn(C2CCN(CCCc3cccc4c3C(=O)N(C3CCC(=O)NC3=O)C4=O)CC2)nc1C(F)F. The van der Waals surface area contributed by atoms with Gasteiger partial charge in [0.25, 0.3) is 18.2 Å². The highest BCUT2D eigenvalue weighted by Crippen LogP contribution is 2.31. The van der Waals surface area contributed by atoms with Gasteiger partial charge in [0.1, 0.15) is 6.04 Å². The number of alkyl halides is 2. The second-order valence-corrected chi connectivity index (χ2v) is 9.71. The van der Waals surface area contributed by atoms with Crippen LogP contribution in [0.4, 0.5) is 14.5 Å². The van der Waals surface area contributed by atoms with Crippen LogP contribution in [0.2, 0.25) is 0 Å². The number of hydrogen-bond acceptors (Lipinski definition) is 7. The number of aryl methyl sites for hydroxylation is 1. The molecule has 0 aliphatic carbocycles. The number of likely N-dealkylation sites (tertiary alicyclic amines) is 1. The fraction of sp³-hybridized carbons (Fsp3) is 0.480. The summed E-state index contributed by atoms with van der Waals surface area (Å²) in [6, 6.07) is 4.19. The first-order valence-electron chi connectivity index (χ1n) is 12.4. The first-order chi connectivity index (χ1) is 17.7. The van der Waals surface area contributed by atoms with Crippen molar-refractivity contribution in [3.05, 3.63) is 46.8 Å². The summed E-state index contributed by atoms with van der Waals surface area (Å²) in [6.45, 7) is 2.34. The minimum Gasteiger partial charge on any atom is -0.396 e. The van der Waals surface area contributed by atoms with Crippen molar-refractivity contribution in [2.75, 3.05) is 25.4 Å². The molecule has 1 atom stereocenters. The summed E-state index contributed by atoms with van der Waals surface area (Å²) in [4.78, 5) is 53.3. The van der Waals surface area contributed by atoms with E-state index < -0.39 is 36.1 Å². The maximum absolute atomic E-state index is 13.2. The predicted molar refractivity (Wildman–Crippen MR) is 128 cm³/mol. The van der Waals surface area contributed by atoms with Crippen molar-refractivity contribution in [1.82, 2.24) is 24.9 Å². The highest BCUT2D eigenvalue weighted by molar-refractivity contribution is 6.24. The van der Waals surface area contributed by atoms with Crippen LogP contribution < -0.4 is 11.1 Å². The fourth-order valence-corrected chi connectivity index (χ4v) is 5.47. The third kappa shape index (κ3) is 4.73. The number of hydrogen-bond donors (Lipinski definition) is 2. The summed E-state index contributed by atoms with van der Waals surface area (Å²) in [6.07, 6.45) is 1.85. The van der Waals surface area contributed by atoms with Gasteiger partial charge in [-0.1, -0.05) is 12.1 Å². The Hall–Kier alpha value is -3.67. The third-order valence-corrected chi connectivity index (χ3v) is 7.40. The number of nitrogens with zero attached hydrogens (tertiary/aromatic N) is 4. The molecule has 3 aliphatic rings. The molecule has 10 nitrogen and oxygen atoms in total. The Morgan fingerprint density at radius 1 is 1.08 bits per heavy atom. The predicted octanol–water partition coefficient (Wildman–Crippen LogP) is 2.07. The number of piperidine rings is 2. The van der Waals surface area contributed by atoms with Gasteiger partial charge < -0.3 is 10.6 Å². The van der Waals surface area contributed by atoms with E-state index in [9.17, 15) is 28.0 Å². The number of amides is 4. The Morgan fingerprint density at radius 3 is 2.51 bits per heavy atom. The van der Waals surface area contributed by atoms with Crippen molar-refractivity contribution in [2.24, 2.45) is 0 Å². The van der Waals surface area contributed by atoms with Gasteiger partial charge in [-0.25, -0.2) is 8.78 Å². The normalized spacial score (nSPS) is 21.2. The van der Waals surface area contributed by atoms with Gasteiger partial charge in [0.15, 0.2) is 5.69 Å². The Bertz CT molecular complexity index is 1250. The van der Waals surface area contributed by atoms with E-state index in [0.29, 0.717) is 12.0 Å². The molecule has 2 fully saturated rings. The van der Waals surface area contributed by atoms with Gasteiger partial charge in [-0.15, -0.1) is 0 Å². The lowest BCUT2D eigenvalue weighted by atomic mass is 9.98.